The van der Waals surface area contributed by atoms with E-state index in [1.54, 1.807) is 11.3 Å². The smallest absolute Gasteiger partial charge is 0.180 e. The van der Waals surface area contributed by atoms with Gasteiger partial charge in [-0.05, 0) is 56.4 Å². The van der Waals surface area contributed by atoms with Gasteiger partial charge in [0.05, 0.1) is 27.6 Å². The molecule has 7 heteroatoms. The predicted molar refractivity (Wildman–Crippen MR) is 121 cm³/mol. The zero-order valence-electron chi connectivity index (χ0n) is 17.2. The third-order valence-electron chi connectivity index (χ3n) is 5.58. The Morgan fingerprint density at radius 2 is 2.07 bits per heavy atom. The molecule has 6 nitrogen and oxygen atoms in total. The van der Waals surface area contributed by atoms with Crippen LogP contribution in [0.3, 0.4) is 0 Å². The lowest BCUT2D eigenvalue weighted by Crippen LogP contribution is -2.02. The van der Waals surface area contributed by atoms with Crippen LogP contribution in [0, 0.1) is 6.92 Å². The van der Waals surface area contributed by atoms with Gasteiger partial charge in [0.2, 0.25) is 0 Å². The van der Waals surface area contributed by atoms with E-state index in [1.807, 2.05) is 24.7 Å². The molecular weight excluding hydrogens is 392 g/mol. The molecule has 4 aromatic heterocycles. The summed E-state index contributed by atoms with van der Waals surface area (Å²) < 4.78 is 2.06. The Bertz CT molecular complexity index is 1210. The minimum absolute atomic E-state index is 0.610. The number of aromatic nitrogens is 5. The molecule has 0 aliphatic heterocycles. The van der Waals surface area contributed by atoms with Crippen molar-refractivity contribution < 1.29 is 0 Å². The summed E-state index contributed by atoms with van der Waals surface area (Å²) in [4.78, 5) is 14.7. The van der Waals surface area contributed by atoms with Crippen LogP contribution in [0.25, 0.3) is 27.5 Å². The fourth-order valence-electron chi connectivity index (χ4n) is 4.16. The van der Waals surface area contributed by atoms with Crippen LogP contribution >= 0.6 is 11.3 Å². The lowest BCUT2D eigenvalue weighted by Gasteiger charge is -2.09. The van der Waals surface area contributed by atoms with Crippen molar-refractivity contribution in [1.82, 2.24) is 24.7 Å². The summed E-state index contributed by atoms with van der Waals surface area (Å²) in [5.41, 5.74) is 14.8. The van der Waals surface area contributed by atoms with Gasteiger partial charge in [-0.15, -0.1) is 0 Å². The number of nitrogen functional groups attached to an aromatic ring is 1. The number of hydrogen-bond acceptors (Lipinski definition) is 6. The van der Waals surface area contributed by atoms with Gasteiger partial charge >= 0.3 is 0 Å². The molecule has 0 fully saturated rings. The van der Waals surface area contributed by atoms with E-state index in [1.165, 1.54) is 5.56 Å². The number of pyridine rings is 2. The Kier molecular flexibility index (Phi) is 4.83. The van der Waals surface area contributed by atoms with Gasteiger partial charge in [0.1, 0.15) is 0 Å². The summed E-state index contributed by atoms with van der Waals surface area (Å²) >= 11 is 1.55. The molecule has 0 saturated carbocycles. The first-order chi connectivity index (χ1) is 14.7. The van der Waals surface area contributed by atoms with Crippen molar-refractivity contribution >= 4 is 16.5 Å². The highest BCUT2D eigenvalue weighted by Gasteiger charge is 2.28. The predicted octanol–water partition coefficient (Wildman–Crippen LogP) is 4.78. The molecule has 0 spiro atoms. The van der Waals surface area contributed by atoms with Gasteiger partial charge in [-0.1, -0.05) is 24.7 Å². The highest BCUT2D eigenvalue weighted by molar-refractivity contribution is 7.18. The fraction of sp³-hybridized carbons (Fsp3) is 0.304. The normalized spacial score (nSPS) is 13.0. The van der Waals surface area contributed by atoms with Crippen LogP contribution in [0.4, 0.5) is 5.13 Å². The van der Waals surface area contributed by atoms with Crippen molar-refractivity contribution in [1.29, 1.82) is 0 Å². The largest absolute Gasteiger partial charge is 0.375 e. The first kappa shape index (κ1) is 18.9. The minimum Gasteiger partial charge on any atom is -0.375 e. The van der Waals surface area contributed by atoms with Gasteiger partial charge in [-0.3, -0.25) is 9.97 Å². The van der Waals surface area contributed by atoms with E-state index in [4.69, 9.17) is 10.8 Å². The number of anilines is 1. The van der Waals surface area contributed by atoms with Crippen molar-refractivity contribution in [2.75, 3.05) is 5.73 Å². The summed E-state index contributed by atoms with van der Waals surface area (Å²) in [6, 6.07) is 6.29. The van der Waals surface area contributed by atoms with Crippen LogP contribution in [0.2, 0.25) is 0 Å². The fourth-order valence-corrected chi connectivity index (χ4v) is 5.09. The average Bonchev–Trinajstić information content (AvgIpc) is 3.24. The monoisotopic (exact) mass is 416 g/mol. The van der Waals surface area contributed by atoms with Crippen molar-refractivity contribution in [3.63, 3.8) is 0 Å². The van der Waals surface area contributed by atoms with Gasteiger partial charge in [0, 0.05) is 35.4 Å². The molecule has 152 valence electrons. The number of hydrogen-bond donors (Lipinski definition) is 1. The number of thiazole rings is 1. The van der Waals surface area contributed by atoms with E-state index in [9.17, 15) is 0 Å². The third kappa shape index (κ3) is 3.19. The third-order valence-corrected chi connectivity index (χ3v) is 6.51. The second-order valence-corrected chi connectivity index (χ2v) is 8.75. The molecule has 0 bridgehead atoms. The molecular formula is C23H24N6S. The maximum atomic E-state index is 6.11. The van der Waals surface area contributed by atoms with Crippen LogP contribution < -0.4 is 5.73 Å². The SMILES string of the molecule is CCCc1ccc(-c2nn(-c3ccncc3C)c3c2CCCc2nc(N)sc2-3)cn1. The van der Waals surface area contributed by atoms with E-state index in [0.717, 1.165) is 76.6 Å². The number of aryl methyl sites for hydroxylation is 3. The Labute approximate surface area is 179 Å². The summed E-state index contributed by atoms with van der Waals surface area (Å²) in [5, 5.41) is 5.72. The number of fused-ring (bicyclic) bond motifs is 3. The van der Waals surface area contributed by atoms with Crippen LogP contribution in [-0.2, 0) is 19.3 Å². The molecule has 0 amide bonds. The molecule has 4 aromatic rings. The Morgan fingerprint density at radius 3 is 2.83 bits per heavy atom. The van der Waals surface area contributed by atoms with Crippen molar-refractivity contribution in [3.05, 3.63) is 59.3 Å². The number of rotatable bonds is 4. The van der Waals surface area contributed by atoms with E-state index < -0.39 is 0 Å². The lowest BCUT2D eigenvalue weighted by molar-refractivity contribution is 0.818. The summed E-state index contributed by atoms with van der Waals surface area (Å²) in [7, 11) is 0. The van der Waals surface area contributed by atoms with Gasteiger partial charge in [0.15, 0.2) is 5.13 Å². The molecule has 0 atom stereocenters. The Balaban J connectivity index is 1.75. The summed E-state index contributed by atoms with van der Waals surface area (Å²) in [6.07, 6.45) is 10.6. The van der Waals surface area contributed by atoms with Crippen LogP contribution in [-0.4, -0.2) is 24.7 Å². The van der Waals surface area contributed by atoms with Gasteiger partial charge in [-0.2, -0.15) is 5.10 Å². The standard InChI is InChI=1S/C23H24N6S/c1-3-5-16-9-8-15(13-26-16)20-17-6-4-7-18-22(30-23(24)27-18)21(17)29(28-20)19-10-11-25-12-14(19)2/h8-13H,3-7H2,1-2H3,(H2,24,27). The summed E-state index contributed by atoms with van der Waals surface area (Å²) in [6.45, 7) is 4.24. The van der Waals surface area contributed by atoms with Crippen LogP contribution in [0.5, 0.6) is 0 Å². The first-order valence-corrected chi connectivity index (χ1v) is 11.2. The number of nitrogens with zero attached hydrogens (tertiary/aromatic N) is 5. The maximum absolute atomic E-state index is 6.11. The molecule has 0 radical (unpaired) electrons. The van der Waals surface area contributed by atoms with Gasteiger partial charge in [-0.25, -0.2) is 9.67 Å². The molecule has 0 unspecified atom stereocenters. The zero-order chi connectivity index (χ0) is 20.7. The Morgan fingerprint density at radius 1 is 1.17 bits per heavy atom. The molecule has 30 heavy (non-hydrogen) atoms. The van der Waals surface area contributed by atoms with E-state index in [-0.39, 0.29) is 0 Å². The molecule has 1 aliphatic rings. The quantitative estimate of drug-likeness (QED) is 0.517. The molecule has 1 aliphatic carbocycles. The van der Waals surface area contributed by atoms with Gasteiger partial charge < -0.3 is 5.73 Å². The van der Waals surface area contributed by atoms with Crippen LogP contribution in [0.1, 0.15) is 42.3 Å². The van der Waals surface area contributed by atoms with Crippen LogP contribution in [0.15, 0.2) is 36.8 Å². The summed E-state index contributed by atoms with van der Waals surface area (Å²) in [5.74, 6) is 0. The second-order valence-electron chi connectivity index (χ2n) is 7.72. The van der Waals surface area contributed by atoms with E-state index in [2.05, 4.69) is 45.6 Å². The second kappa shape index (κ2) is 7.65. The topological polar surface area (TPSA) is 82.5 Å². The van der Waals surface area contributed by atoms with Gasteiger partial charge in [0.25, 0.3) is 0 Å². The minimum atomic E-state index is 0.610. The van der Waals surface area contributed by atoms with E-state index >= 15 is 0 Å². The first-order valence-electron chi connectivity index (χ1n) is 10.4. The number of nitrogens with two attached hydrogens (primary N) is 1. The maximum Gasteiger partial charge on any atom is 0.180 e. The molecule has 0 saturated heterocycles. The molecule has 0 aromatic carbocycles. The van der Waals surface area contributed by atoms with Crippen molar-refractivity contribution in [2.24, 2.45) is 0 Å². The zero-order valence-corrected chi connectivity index (χ0v) is 18.0. The van der Waals surface area contributed by atoms with E-state index in [0.29, 0.717) is 5.13 Å². The average molecular weight is 417 g/mol. The molecule has 2 N–H and O–H groups in total. The molecule has 4 heterocycles. The van der Waals surface area contributed by atoms with Crippen molar-refractivity contribution in [2.45, 2.75) is 46.0 Å². The Hall–Kier alpha value is -3.06. The highest BCUT2D eigenvalue weighted by Crippen LogP contribution is 2.42. The lowest BCUT2D eigenvalue weighted by atomic mass is 10.0. The highest BCUT2D eigenvalue weighted by atomic mass is 32.1. The van der Waals surface area contributed by atoms with Crippen molar-refractivity contribution in [3.8, 4) is 27.5 Å². The molecule has 5 rings (SSSR count).